The highest BCUT2D eigenvalue weighted by molar-refractivity contribution is 5.93. The molecule has 3 aliphatic heterocycles. The Morgan fingerprint density at radius 1 is 0.933 bits per heavy atom. The highest BCUT2D eigenvalue weighted by atomic mass is 16.5. The second-order valence-corrected chi connectivity index (χ2v) is 14.3. The van der Waals surface area contributed by atoms with E-state index in [0.717, 1.165) is 58.2 Å². The number of carbonyl (C=O) groups excluding carboxylic acids is 1. The van der Waals surface area contributed by atoms with Crippen LogP contribution in [0.4, 0.5) is 11.4 Å². The van der Waals surface area contributed by atoms with Crippen LogP contribution in [-0.4, -0.2) is 74.7 Å². The van der Waals surface area contributed by atoms with Gasteiger partial charge in [-0.15, -0.1) is 0 Å². The highest BCUT2D eigenvalue weighted by Gasteiger charge is 2.50. The molecule has 1 spiro atoms. The number of fused-ring (bicyclic) bond motifs is 1. The van der Waals surface area contributed by atoms with Crippen LogP contribution in [-0.2, 0) is 6.54 Å². The van der Waals surface area contributed by atoms with Gasteiger partial charge in [0.15, 0.2) is 0 Å². The molecule has 1 amide bonds. The molecule has 7 rings (SSSR count). The van der Waals surface area contributed by atoms with Crippen molar-refractivity contribution in [3.63, 3.8) is 0 Å². The Balaban J connectivity index is 1.06. The van der Waals surface area contributed by atoms with Gasteiger partial charge in [0.1, 0.15) is 12.4 Å². The Morgan fingerprint density at radius 3 is 2.42 bits per heavy atom. The molecule has 4 aliphatic rings. The summed E-state index contributed by atoms with van der Waals surface area (Å²) in [5.74, 6) is 1.16. The molecule has 1 aliphatic carbocycles. The van der Waals surface area contributed by atoms with Gasteiger partial charge in [0.25, 0.3) is 0 Å². The Morgan fingerprint density at radius 2 is 1.69 bits per heavy atom. The van der Waals surface area contributed by atoms with Gasteiger partial charge in [-0.2, -0.15) is 0 Å². The topological polar surface area (TPSA) is 65.3 Å². The molecule has 0 radical (unpaired) electrons. The molecule has 3 fully saturated rings. The quantitative estimate of drug-likeness (QED) is 0.353. The van der Waals surface area contributed by atoms with Crippen LogP contribution in [0.2, 0.25) is 0 Å². The third kappa shape index (κ3) is 5.93. The molecule has 2 saturated heterocycles. The molecule has 7 heteroatoms. The van der Waals surface area contributed by atoms with E-state index in [1.807, 2.05) is 24.3 Å². The molecular formula is C38H49N5O2. The molecule has 45 heavy (non-hydrogen) atoms. The van der Waals surface area contributed by atoms with Crippen molar-refractivity contribution >= 4 is 17.3 Å². The first-order valence-corrected chi connectivity index (χ1v) is 17.0. The SMILES string of the molecule is CC(C)c1ccccc1C1CN(Cc2cccc3c2N(C)CCO3)CCN1C1CC2(CCN(c3ccc(C(N)=O)cc3)CC2)C1. The predicted octanol–water partition coefficient (Wildman–Crippen LogP) is 6.05. The summed E-state index contributed by atoms with van der Waals surface area (Å²) in [7, 11) is 2.20. The van der Waals surface area contributed by atoms with Crippen LogP contribution < -0.4 is 20.3 Å². The number of piperazine rings is 1. The lowest BCUT2D eigenvalue weighted by molar-refractivity contribution is -0.0628. The summed E-state index contributed by atoms with van der Waals surface area (Å²) in [6.45, 7) is 12.7. The van der Waals surface area contributed by atoms with Gasteiger partial charge in [0, 0.05) is 69.7 Å². The maximum atomic E-state index is 11.5. The Bertz CT molecular complexity index is 1500. The third-order valence-electron chi connectivity index (χ3n) is 11.2. The number of anilines is 2. The van der Waals surface area contributed by atoms with E-state index < -0.39 is 0 Å². The zero-order chi connectivity index (χ0) is 31.1. The second kappa shape index (κ2) is 12.3. The van der Waals surface area contributed by atoms with E-state index in [0.29, 0.717) is 29.0 Å². The van der Waals surface area contributed by atoms with Crippen LogP contribution in [0.1, 0.15) is 78.5 Å². The van der Waals surface area contributed by atoms with Gasteiger partial charge in [-0.25, -0.2) is 0 Å². The van der Waals surface area contributed by atoms with Crippen LogP contribution in [0.3, 0.4) is 0 Å². The van der Waals surface area contributed by atoms with Crippen molar-refractivity contribution in [3.05, 3.63) is 89.0 Å². The van der Waals surface area contributed by atoms with E-state index in [-0.39, 0.29) is 5.91 Å². The number of rotatable bonds is 7. The second-order valence-electron chi connectivity index (χ2n) is 14.3. The fourth-order valence-corrected chi connectivity index (χ4v) is 8.60. The summed E-state index contributed by atoms with van der Waals surface area (Å²) in [4.78, 5) is 21.9. The minimum absolute atomic E-state index is 0.365. The normalized spacial score (nSPS) is 22.3. The number of primary amides is 1. The van der Waals surface area contributed by atoms with Gasteiger partial charge in [-0.3, -0.25) is 14.6 Å². The number of benzene rings is 3. The van der Waals surface area contributed by atoms with Crippen LogP contribution in [0.5, 0.6) is 5.75 Å². The molecule has 3 heterocycles. The molecule has 0 aromatic heterocycles. The van der Waals surface area contributed by atoms with E-state index in [1.54, 1.807) is 0 Å². The summed E-state index contributed by atoms with van der Waals surface area (Å²) in [5, 5.41) is 0. The molecule has 238 valence electrons. The number of amides is 1. The third-order valence-corrected chi connectivity index (χ3v) is 11.2. The van der Waals surface area contributed by atoms with Gasteiger partial charge < -0.3 is 20.3 Å². The average Bonchev–Trinajstić information content (AvgIpc) is 3.04. The number of hydrogen-bond acceptors (Lipinski definition) is 6. The van der Waals surface area contributed by atoms with Crippen molar-refractivity contribution in [1.29, 1.82) is 0 Å². The first-order chi connectivity index (χ1) is 21.8. The van der Waals surface area contributed by atoms with Crippen LogP contribution in [0.15, 0.2) is 66.7 Å². The number of nitrogens with two attached hydrogens (primary N) is 1. The van der Waals surface area contributed by atoms with E-state index in [4.69, 9.17) is 10.5 Å². The largest absolute Gasteiger partial charge is 0.490 e. The van der Waals surface area contributed by atoms with Crippen molar-refractivity contribution in [1.82, 2.24) is 9.80 Å². The van der Waals surface area contributed by atoms with Crippen molar-refractivity contribution in [2.75, 3.05) is 62.7 Å². The molecule has 3 aromatic carbocycles. The Labute approximate surface area is 268 Å². The standard InChI is InChI=1S/C38H49N5O2/c1-27(2)32-8-4-5-9-33(32)34-26-41(25-29-7-6-10-35-36(29)40(3)21-22-45-35)19-20-43(34)31-23-38(24-31)15-17-42(18-16-38)30-13-11-28(12-14-30)37(39)44/h4-14,27,31,34H,15-26H2,1-3H3,(H2,39,44). The van der Waals surface area contributed by atoms with Crippen molar-refractivity contribution in [2.45, 2.75) is 64.1 Å². The summed E-state index contributed by atoms with van der Waals surface area (Å²) >= 11 is 0. The van der Waals surface area contributed by atoms with E-state index >= 15 is 0 Å². The molecule has 1 saturated carbocycles. The molecule has 7 nitrogen and oxygen atoms in total. The fraction of sp³-hybridized carbons (Fsp3) is 0.500. The number of likely N-dealkylation sites (N-methyl/N-ethyl adjacent to an activating group) is 1. The van der Waals surface area contributed by atoms with Gasteiger partial charge >= 0.3 is 0 Å². The van der Waals surface area contributed by atoms with Crippen molar-refractivity contribution in [3.8, 4) is 5.75 Å². The predicted molar refractivity (Wildman–Crippen MR) is 182 cm³/mol. The number of para-hydroxylation sites is 1. The molecule has 0 bridgehead atoms. The maximum Gasteiger partial charge on any atom is 0.248 e. The van der Waals surface area contributed by atoms with Crippen molar-refractivity contribution < 1.29 is 9.53 Å². The Hall–Kier alpha value is -3.55. The number of ether oxygens (including phenoxy) is 1. The summed E-state index contributed by atoms with van der Waals surface area (Å²) in [6, 6.07) is 24.6. The molecule has 1 atom stereocenters. The van der Waals surface area contributed by atoms with E-state index in [9.17, 15) is 4.79 Å². The summed E-state index contributed by atoms with van der Waals surface area (Å²) < 4.78 is 6.04. The van der Waals surface area contributed by atoms with Gasteiger partial charge in [0.05, 0.1) is 12.2 Å². The van der Waals surface area contributed by atoms with Crippen LogP contribution in [0.25, 0.3) is 0 Å². The number of carbonyl (C=O) groups is 1. The lowest BCUT2D eigenvalue weighted by atomic mass is 9.59. The monoisotopic (exact) mass is 607 g/mol. The summed E-state index contributed by atoms with van der Waals surface area (Å²) in [5.41, 5.74) is 13.3. The first-order valence-electron chi connectivity index (χ1n) is 17.0. The number of piperidine rings is 1. The minimum atomic E-state index is -0.365. The first kappa shape index (κ1) is 30.1. The minimum Gasteiger partial charge on any atom is -0.490 e. The van der Waals surface area contributed by atoms with Crippen LogP contribution in [0, 0.1) is 5.41 Å². The molecule has 2 N–H and O–H groups in total. The molecule has 1 unspecified atom stereocenters. The molecular weight excluding hydrogens is 558 g/mol. The maximum absolute atomic E-state index is 11.5. The number of nitrogens with zero attached hydrogens (tertiary/aromatic N) is 4. The van der Waals surface area contributed by atoms with E-state index in [2.05, 4.69) is 83.0 Å². The lowest BCUT2D eigenvalue weighted by Crippen LogP contribution is -2.60. The molecule has 3 aromatic rings. The Kier molecular flexibility index (Phi) is 8.25. The zero-order valence-electron chi connectivity index (χ0n) is 27.3. The van der Waals surface area contributed by atoms with Gasteiger partial charge in [-0.05, 0) is 84.0 Å². The highest BCUT2D eigenvalue weighted by Crippen LogP contribution is 2.53. The van der Waals surface area contributed by atoms with Crippen LogP contribution >= 0.6 is 0 Å². The number of hydrogen-bond donors (Lipinski definition) is 1. The average molecular weight is 608 g/mol. The fourth-order valence-electron chi connectivity index (χ4n) is 8.60. The van der Waals surface area contributed by atoms with E-state index in [1.165, 1.54) is 53.7 Å². The van der Waals surface area contributed by atoms with Gasteiger partial charge in [-0.1, -0.05) is 50.2 Å². The van der Waals surface area contributed by atoms with Gasteiger partial charge in [0.2, 0.25) is 5.91 Å². The van der Waals surface area contributed by atoms with Crippen molar-refractivity contribution in [2.24, 2.45) is 11.1 Å². The zero-order valence-corrected chi connectivity index (χ0v) is 27.3. The summed E-state index contributed by atoms with van der Waals surface area (Å²) in [6.07, 6.45) is 5.08. The lowest BCUT2D eigenvalue weighted by Gasteiger charge is -2.58. The smallest absolute Gasteiger partial charge is 0.248 e.